The minimum Gasteiger partial charge on any atom is -0.314 e. The molecule has 124 valence electrons. The van der Waals surface area contributed by atoms with Crippen molar-refractivity contribution in [3.8, 4) is 0 Å². The summed E-state index contributed by atoms with van der Waals surface area (Å²) >= 11 is 0. The van der Waals surface area contributed by atoms with Crippen molar-refractivity contribution in [2.75, 3.05) is 12.8 Å². The molecule has 0 unspecified atom stereocenters. The highest BCUT2D eigenvalue weighted by atomic mass is 32.2. The van der Waals surface area contributed by atoms with E-state index in [0.717, 1.165) is 25.8 Å². The van der Waals surface area contributed by atoms with Gasteiger partial charge in [-0.05, 0) is 50.3 Å². The molecule has 0 aliphatic heterocycles. The van der Waals surface area contributed by atoms with E-state index in [-0.39, 0.29) is 17.9 Å². The van der Waals surface area contributed by atoms with E-state index in [0.29, 0.717) is 17.9 Å². The van der Waals surface area contributed by atoms with Gasteiger partial charge in [0.05, 0.1) is 6.26 Å². The summed E-state index contributed by atoms with van der Waals surface area (Å²) in [5, 5.41) is 3.41. The van der Waals surface area contributed by atoms with Gasteiger partial charge in [-0.25, -0.2) is 17.5 Å². The quantitative estimate of drug-likeness (QED) is 0.805. The van der Waals surface area contributed by atoms with Crippen molar-refractivity contribution in [2.24, 2.45) is 5.92 Å². The highest BCUT2D eigenvalue weighted by molar-refractivity contribution is 7.88. The molecule has 2 N–H and O–H groups in total. The monoisotopic (exact) mass is 328 g/mol. The molecule has 1 aromatic rings. The highest BCUT2D eigenvalue weighted by Crippen LogP contribution is 2.25. The van der Waals surface area contributed by atoms with E-state index in [1.807, 2.05) is 13.0 Å². The summed E-state index contributed by atoms with van der Waals surface area (Å²) in [7, 11) is -3.16. The van der Waals surface area contributed by atoms with Crippen LogP contribution in [-0.2, 0) is 16.4 Å². The van der Waals surface area contributed by atoms with Crippen LogP contribution in [0, 0.1) is 11.7 Å². The molecule has 1 aliphatic rings. The van der Waals surface area contributed by atoms with Crippen molar-refractivity contribution in [3.05, 3.63) is 35.6 Å². The molecule has 0 amide bonds. The Bertz CT molecular complexity index is 592. The minimum atomic E-state index is -3.16. The zero-order valence-electron chi connectivity index (χ0n) is 13.2. The molecular formula is C16H25FN2O2S. The second-order valence-electron chi connectivity index (χ2n) is 6.29. The maximum Gasteiger partial charge on any atom is 0.208 e. The first-order valence-corrected chi connectivity index (χ1v) is 9.68. The Morgan fingerprint density at radius 1 is 1.32 bits per heavy atom. The van der Waals surface area contributed by atoms with Crippen LogP contribution in [0.5, 0.6) is 0 Å². The van der Waals surface area contributed by atoms with Crippen LogP contribution in [0.4, 0.5) is 4.39 Å². The predicted octanol–water partition coefficient (Wildman–Crippen LogP) is 2.06. The minimum absolute atomic E-state index is 0.0168. The van der Waals surface area contributed by atoms with E-state index in [1.54, 1.807) is 12.1 Å². The lowest BCUT2D eigenvalue weighted by atomic mass is 10.0. The summed E-state index contributed by atoms with van der Waals surface area (Å²) in [6, 6.07) is 6.98. The first kappa shape index (κ1) is 17.4. The van der Waals surface area contributed by atoms with Gasteiger partial charge in [-0.2, -0.15) is 0 Å². The number of hydrogen-bond donors (Lipinski definition) is 2. The van der Waals surface area contributed by atoms with Crippen LogP contribution in [0.2, 0.25) is 0 Å². The lowest BCUT2D eigenvalue weighted by Gasteiger charge is -2.23. The molecule has 4 nitrogen and oxygen atoms in total. The second-order valence-corrected chi connectivity index (χ2v) is 8.07. The summed E-state index contributed by atoms with van der Waals surface area (Å²) < 4.78 is 39.1. The van der Waals surface area contributed by atoms with Crippen molar-refractivity contribution in [3.63, 3.8) is 0 Å². The number of sulfonamides is 1. The number of halogens is 1. The van der Waals surface area contributed by atoms with Gasteiger partial charge in [0.2, 0.25) is 10.0 Å². The molecule has 1 aliphatic carbocycles. The number of nitrogens with one attached hydrogen (secondary N) is 2. The standard InChI is InChI=1S/C16H25FN2O2S/c1-12(10-13-6-3-4-8-15(13)17)18-11-14-7-5-9-16(14)19-22(2,20)21/h3-4,6,8,12,14,16,18-19H,5,7,9-11H2,1-2H3/t12-,14+,16-/m1/s1. The van der Waals surface area contributed by atoms with Crippen LogP contribution in [0.1, 0.15) is 31.7 Å². The average molecular weight is 328 g/mol. The average Bonchev–Trinajstić information content (AvgIpc) is 2.84. The summed E-state index contributed by atoms with van der Waals surface area (Å²) in [6.07, 6.45) is 4.79. The number of benzene rings is 1. The smallest absolute Gasteiger partial charge is 0.208 e. The van der Waals surface area contributed by atoms with Crippen LogP contribution in [0.3, 0.4) is 0 Å². The largest absolute Gasteiger partial charge is 0.314 e. The molecule has 1 fully saturated rings. The molecule has 3 atom stereocenters. The van der Waals surface area contributed by atoms with Crippen molar-refractivity contribution in [2.45, 2.75) is 44.7 Å². The van der Waals surface area contributed by atoms with E-state index in [1.165, 1.54) is 12.3 Å². The Morgan fingerprint density at radius 3 is 2.73 bits per heavy atom. The molecule has 0 spiro atoms. The van der Waals surface area contributed by atoms with Crippen LogP contribution in [-0.4, -0.2) is 33.3 Å². The highest BCUT2D eigenvalue weighted by Gasteiger charge is 2.29. The van der Waals surface area contributed by atoms with Gasteiger partial charge in [-0.15, -0.1) is 0 Å². The molecule has 0 saturated heterocycles. The fourth-order valence-corrected chi connectivity index (χ4v) is 3.99. The Kier molecular flexibility index (Phi) is 5.94. The lowest BCUT2D eigenvalue weighted by Crippen LogP contribution is -2.42. The second kappa shape index (κ2) is 7.53. The van der Waals surface area contributed by atoms with Crippen molar-refractivity contribution in [1.29, 1.82) is 0 Å². The van der Waals surface area contributed by atoms with Gasteiger partial charge in [-0.1, -0.05) is 24.6 Å². The van der Waals surface area contributed by atoms with E-state index in [4.69, 9.17) is 0 Å². The zero-order valence-corrected chi connectivity index (χ0v) is 14.0. The number of rotatable bonds is 7. The molecular weight excluding hydrogens is 303 g/mol. The Hall–Kier alpha value is -0.980. The van der Waals surface area contributed by atoms with Crippen LogP contribution >= 0.6 is 0 Å². The summed E-state index contributed by atoms with van der Waals surface area (Å²) in [5.41, 5.74) is 0.708. The van der Waals surface area contributed by atoms with Gasteiger partial charge >= 0.3 is 0 Å². The van der Waals surface area contributed by atoms with Crippen LogP contribution in [0.15, 0.2) is 24.3 Å². The van der Waals surface area contributed by atoms with Crippen molar-refractivity contribution < 1.29 is 12.8 Å². The molecule has 0 aromatic heterocycles. The summed E-state index contributed by atoms with van der Waals surface area (Å²) in [5.74, 6) is 0.131. The van der Waals surface area contributed by atoms with Gasteiger partial charge in [0.15, 0.2) is 0 Å². The van der Waals surface area contributed by atoms with E-state index in [2.05, 4.69) is 10.0 Å². The summed E-state index contributed by atoms with van der Waals surface area (Å²) in [6.45, 7) is 2.78. The van der Waals surface area contributed by atoms with Crippen molar-refractivity contribution >= 4 is 10.0 Å². The third-order valence-corrected chi connectivity index (χ3v) is 4.97. The molecule has 1 saturated carbocycles. The molecule has 0 radical (unpaired) electrons. The van der Waals surface area contributed by atoms with E-state index in [9.17, 15) is 12.8 Å². The van der Waals surface area contributed by atoms with Crippen LogP contribution < -0.4 is 10.0 Å². The Morgan fingerprint density at radius 2 is 2.05 bits per heavy atom. The first-order chi connectivity index (χ1) is 10.3. The molecule has 0 heterocycles. The van der Waals surface area contributed by atoms with Gasteiger partial charge in [0.1, 0.15) is 5.82 Å². The molecule has 1 aromatic carbocycles. The topological polar surface area (TPSA) is 58.2 Å². The zero-order chi connectivity index (χ0) is 16.2. The van der Waals surface area contributed by atoms with Gasteiger partial charge in [0.25, 0.3) is 0 Å². The molecule has 6 heteroatoms. The van der Waals surface area contributed by atoms with E-state index >= 15 is 0 Å². The lowest BCUT2D eigenvalue weighted by molar-refractivity contribution is 0.392. The van der Waals surface area contributed by atoms with Crippen molar-refractivity contribution in [1.82, 2.24) is 10.0 Å². The maximum absolute atomic E-state index is 13.6. The normalized spacial score (nSPS) is 23.6. The maximum atomic E-state index is 13.6. The molecule has 22 heavy (non-hydrogen) atoms. The van der Waals surface area contributed by atoms with Gasteiger partial charge in [0, 0.05) is 12.1 Å². The summed E-state index contributed by atoms with van der Waals surface area (Å²) in [4.78, 5) is 0. The van der Waals surface area contributed by atoms with Gasteiger partial charge < -0.3 is 5.32 Å². The number of hydrogen-bond acceptors (Lipinski definition) is 3. The fraction of sp³-hybridized carbons (Fsp3) is 0.625. The van der Waals surface area contributed by atoms with E-state index < -0.39 is 10.0 Å². The molecule has 2 rings (SSSR count). The fourth-order valence-electron chi connectivity index (χ4n) is 3.13. The van der Waals surface area contributed by atoms with Crippen LogP contribution in [0.25, 0.3) is 0 Å². The first-order valence-electron chi connectivity index (χ1n) is 7.79. The Labute approximate surface area is 132 Å². The SMILES string of the molecule is C[C@H](Cc1ccccc1F)NC[C@@H]1CCC[C@H]1NS(C)(=O)=O. The third-order valence-electron chi connectivity index (χ3n) is 4.24. The third kappa shape index (κ3) is 5.34. The Balaban J connectivity index is 1.83. The van der Waals surface area contributed by atoms with Gasteiger partial charge in [-0.3, -0.25) is 0 Å². The molecule has 0 bridgehead atoms. The predicted molar refractivity (Wildman–Crippen MR) is 86.7 cm³/mol.